The first kappa shape index (κ1) is 20.7. The van der Waals surface area contributed by atoms with Crippen LogP contribution in [0.2, 0.25) is 0 Å². The molecule has 11 heteroatoms. The third-order valence-electron chi connectivity index (χ3n) is 5.29. The second-order valence-corrected chi connectivity index (χ2v) is 8.58. The van der Waals surface area contributed by atoms with Crippen molar-refractivity contribution in [2.75, 3.05) is 17.2 Å². The summed E-state index contributed by atoms with van der Waals surface area (Å²) < 4.78 is 33.1. The predicted molar refractivity (Wildman–Crippen MR) is 108 cm³/mol. The SMILES string of the molecule is CCOC(=O)c1c(NC(=O)c2nc3n(n2)[C@@H](C(F)F)C[C@H](C)N3)sc2c1CCCC2. The van der Waals surface area contributed by atoms with Gasteiger partial charge in [0.1, 0.15) is 11.0 Å². The van der Waals surface area contributed by atoms with Gasteiger partial charge in [0, 0.05) is 10.9 Å². The number of nitrogens with zero attached hydrogens (tertiary/aromatic N) is 3. The second-order valence-electron chi connectivity index (χ2n) is 7.48. The first-order valence-electron chi connectivity index (χ1n) is 10.0. The Balaban J connectivity index is 1.63. The van der Waals surface area contributed by atoms with Gasteiger partial charge < -0.3 is 15.4 Å². The van der Waals surface area contributed by atoms with Crippen molar-refractivity contribution < 1.29 is 23.1 Å². The second kappa shape index (κ2) is 8.29. The van der Waals surface area contributed by atoms with Crippen LogP contribution in [0.25, 0.3) is 0 Å². The van der Waals surface area contributed by atoms with Crippen molar-refractivity contribution in [3.05, 3.63) is 21.8 Å². The number of anilines is 2. The molecule has 2 N–H and O–H groups in total. The Hall–Kier alpha value is -2.56. The molecule has 3 heterocycles. The minimum Gasteiger partial charge on any atom is -0.462 e. The Morgan fingerprint density at radius 2 is 2.13 bits per heavy atom. The number of amides is 1. The zero-order chi connectivity index (χ0) is 21.4. The van der Waals surface area contributed by atoms with Crippen molar-refractivity contribution in [2.24, 2.45) is 0 Å². The van der Waals surface area contributed by atoms with Gasteiger partial charge in [-0.1, -0.05) is 0 Å². The summed E-state index contributed by atoms with van der Waals surface area (Å²) in [6.45, 7) is 3.72. The molecule has 0 spiro atoms. The summed E-state index contributed by atoms with van der Waals surface area (Å²) in [4.78, 5) is 30.5. The number of carbonyl (C=O) groups excluding carboxylic acids is 2. The van der Waals surface area contributed by atoms with E-state index in [1.807, 2.05) is 0 Å². The lowest BCUT2D eigenvalue weighted by atomic mass is 9.95. The van der Waals surface area contributed by atoms with E-state index in [-0.39, 0.29) is 30.8 Å². The van der Waals surface area contributed by atoms with Crippen LogP contribution >= 0.6 is 11.3 Å². The molecule has 2 aliphatic rings. The van der Waals surface area contributed by atoms with Crippen molar-refractivity contribution in [1.29, 1.82) is 0 Å². The van der Waals surface area contributed by atoms with Gasteiger partial charge in [-0.25, -0.2) is 18.3 Å². The van der Waals surface area contributed by atoms with E-state index in [1.165, 1.54) is 11.3 Å². The molecule has 1 aliphatic carbocycles. The van der Waals surface area contributed by atoms with Gasteiger partial charge in [-0.15, -0.1) is 16.4 Å². The number of nitrogens with one attached hydrogen (secondary N) is 2. The Bertz CT molecular complexity index is 974. The highest BCUT2D eigenvalue weighted by Gasteiger charge is 2.35. The van der Waals surface area contributed by atoms with Gasteiger partial charge >= 0.3 is 5.97 Å². The third-order valence-corrected chi connectivity index (χ3v) is 6.50. The summed E-state index contributed by atoms with van der Waals surface area (Å²) in [5, 5.41) is 10.1. The molecule has 0 saturated carbocycles. The van der Waals surface area contributed by atoms with E-state index in [1.54, 1.807) is 13.8 Å². The summed E-state index contributed by atoms with van der Waals surface area (Å²) >= 11 is 1.35. The number of thiophene rings is 1. The maximum Gasteiger partial charge on any atom is 0.341 e. The maximum atomic E-state index is 13.4. The van der Waals surface area contributed by atoms with E-state index in [0.717, 1.165) is 40.8 Å². The fraction of sp³-hybridized carbons (Fsp3) is 0.579. The Morgan fingerprint density at radius 3 is 2.87 bits per heavy atom. The minimum absolute atomic E-state index is 0.139. The summed E-state index contributed by atoms with van der Waals surface area (Å²) in [7, 11) is 0. The van der Waals surface area contributed by atoms with Crippen LogP contribution in [0.15, 0.2) is 0 Å². The van der Waals surface area contributed by atoms with Gasteiger partial charge in [0.2, 0.25) is 11.8 Å². The number of alkyl halides is 2. The molecule has 2 aromatic heterocycles. The summed E-state index contributed by atoms with van der Waals surface area (Å²) in [5.74, 6) is -1.21. The standard InChI is InChI=1S/C19H23F2N5O3S/c1-3-29-18(28)13-10-6-4-5-7-12(10)30-17(13)24-16(27)15-23-19-22-9(2)8-11(14(20)21)26(19)25-15/h9,11,14H,3-8H2,1-2H3,(H,24,27)(H,22,23,25)/t9-,11+/m0/s1. The monoisotopic (exact) mass is 439 g/mol. The number of aryl methyl sites for hydroxylation is 1. The molecular weight excluding hydrogens is 416 g/mol. The number of esters is 1. The van der Waals surface area contributed by atoms with Crippen LogP contribution < -0.4 is 10.6 Å². The first-order chi connectivity index (χ1) is 14.4. The van der Waals surface area contributed by atoms with Crippen LogP contribution in [0.4, 0.5) is 19.7 Å². The number of rotatable bonds is 5. The number of fused-ring (bicyclic) bond motifs is 2. The molecule has 0 aromatic carbocycles. The fourth-order valence-electron chi connectivity index (χ4n) is 3.93. The zero-order valence-electron chi connectivity index (χ0n) is 16.7. The summed E-state index contributed by atoms with van der Waals surface area (Å²) in [6, 6.07) is -1.36. The topological polar surface area (TPSA) is 98.1 Å². The predicted octanol–water partition coefficient (Wildman–Crippen LogP) is 3.66. The van der Waals surface area contributed by atoms with E-state index in [2.05, 4.69) is 20.7 Å². The average molecular weight is 439 g/mol. The van der Waals surface area contributed by atoms with Gasteiger partial charge in [-0.05, 0) is 51.5 Å². The Kier molecular flexibility index (Phi) is 5.72. The number of aromatic nitrogens is 3. The fourth-order valence-corrected chi connectivity index (χ4v) is 5.20. The molecule has 162 valence electrons. The lowest BCUT2D eigenvalue weighted by molar-refractivity contribution is 0.0526. The number of ether oxygens (including phenoxy) is 1. The summed E-state index contributed by atoms with van der Waals surface area (Å²) in [6.07, 6.45) is 1.15. The van der Waals surface area contributed by atoms with Crippen LogP contribution in [0, 0.1) is 0 Å². The molecule has 0 radical (unpaired) electrons. The normalized spacial score (nSPS) is 20.3. The molecular formula is C19H23F2N5O3S. The Labute approximate surface area is 176 Å². The number of halogens is 2. The smallest absolute Gasteiger partial charge is 0.341 e. The number of hydrogen-bond donors (Lipinski definition) is 2. The van der Waals surface area contributed by atoms with Gasteiger partial charge in [0.25, 0.3) is 12.3 Å². The highest BCUT2D eigenvalue weighted by Crippen LogP contribution is 2.39. The molecule has 0 saturated heterocycles. The zero-order valence-corrected chi connectivity index (χ0v) is 17.5. The molecule has 8 nitrogen and oxygen atoms in total. The van der Waals surface area contributed by atoms with Crippen LogP contribution in [-0.2, 0) is 17.6 Å². The molecule has 1 amide bonds. The molecule has 30 heavy (non-hydrogen) atoms. The maximum absolute atomic E-state index is 13.4. The van der Waals surface area contributed by atoms with Crippen LogP contribution in [-0.4, -0.2) is 45.7 Å². The summed E-state index contributed by atoms with van der Waals surface area (Å²) in [5.41, 5.74) is 1.30. The van der Waals surface area contributed by atoms with Gasteiger partial charge in [0.05, 0.1) is 12.2 Å². The van der Waals surface area contributed by atoms with Crippen LogP contribution in [0.3, 0.4) is 0 Å². The lowest BCUT2D eigenvalue weighted by Crippen LogP contribution is -2.33. The van der Waals surface area contributed by atoms with Gasteiger partial charge in [-0.3, -0.25) is 4.79 Å². The molecule has 0 fully saturated rings. The quantitative estimate of drug-likeness (QED) is 0.690. The first-order valence-corrected chi connectivity index (χ1v) is 10.8. The van der Waals surface area contributed by atoms with Crippen LogP contribution in [0.1, 0.15) is 70.6 Å². The van der Waals surface area contributed by atoms with Gasteiger partial charge in [0.15, 0.2) is 0 Å². The van der Waals surface area contributed by atoms with E-state index >= 15 is 0 Å². The third kappa shape index (κ3) is 3.78. The average Bonchev–Trinajstić information content (AvgIpc) is 3.28. The van der Waals surface area contributed by atoms with Crippen molar-refractivity contribution in [3.8, 4) is 0 Å². The minimum atomic E-state index is -2.62. The van der Waals surface area contributed by atoms with E-state index in [9.17, 15) is 18.4 Å². The number of hydrogen-bond acceptors (Lipinski definition) is 7. The number of carbonyl (C=O) groups is 2. The largest absolute Gasteiger partial charge is 0.462 e. The van der Waals surface area contributed by atoms with E-state index in [4.69, 9.17) is 4.74 Å². The Morgan fingerprint density at radius 1 is 1.37 bits per heavy atom. The molecule has 2 atom stereocenters. The molecule has 0 bridgehead atoms. The highest BCUT2D eigenvalue weighted by molar-refractivity contribution is 7.17. The van der Waals surface area contributed by atoms with Gasteiger partial charge in [-0.2, -0.15) is 4.98 Å². The van der Waals surface area contributed by atoms with Crippen molar-refractivity contribution in [1.82, 2.24) is 14.8 Å². The van der Waals surface area contributed by atoms with E-state index < -0.39 is 24.3 Å². The highest BCUT2D eigenvalue weighted by atomic mass is 32.1. The molecule has 2 aromatic rings. The van der Waals surface area contributed by atoms with Crippen molar-refractivity contribution >= 4 is 34.2 Å². The van der Waals surface area contributed by atoms with Crippen molar-refractivity contribution in [3.63, 3.8) is 0 Å². The molecule has 0 unspecified atom stereocenters. The van der Waals surface area contributed by atoms with Crippen LogP contribution in [0.5, 0.6) is 0 Å². The van der Waals surface area contributed by atoms with Crippen molar-refractivity contribution in [2.45, 2.75) is 64.5 Å². The molecule has 1 aliphatic heterocycles. The van der Waals surface area contributed by atoms with E-state index in [0.29, 0.717) is 10.6 Å². The lowest BCUT2D eigenvalue weighted by Gasteiger charge is -2.28. The molecule has 4 rings (SSSR count).